The molecule has 1 atom stereocenters. The van der Waals surface area contributed by atoms with Crippen LogP contribution in [0, 0.1) is 10.1 Å². The van der Waals surface area contributed by atoms with Crippen molar-refractivity contribution < 1.29 is 19.2 Å². The summed E-state index contributed by atoms with van der Waals surface area (Å²) < 4.78 is 5.57. The molecule has 2 aromatic carbocycles. The molecule has 0 saturated heterocycles. The van der Waals surface area contributed by atoms with Crippen molar-refractivity contribution in [3.63, 3.8) is 0 Å². The Bertz CT molecular complexity index is 851. The van der Waals surface area contributed by atoms with E-state index in [0.717, 1.165) is 11.3 Å². The van der Waals surface area contributed by atoms with Crippen LogP contribution in [0.4, 0.5) is 5.69 Å². The first-order valence-electron chi connectivity index (χ1n) is 8.58. The molecule has 0 aromatic heterocycles. The highest BCUT2D eigenvalue weighted by atomic mass is 16.6. The number of carbonyl (C=O) groups is 2. The number of nitro groups is 1. The number of hydrogen-bond acceptors (Lipinski definition) is 5. The Labute approximate surface area is 155 Å². The first-order valence-corrected chi connectivity index (χ1v) is 8.58. The lowest BCUT2D eigenvalue weighted by molar-refractivity contribution is -0.384. The molecule has 1 aliphatic rings. The summed E-state index contributed by atoms with van der Waals surface area (Å²) in [4.78, 5) is 34.3. The molecule has 0 spiro atoms. The monoisotopic (exact) mass is 369 g/mol. The van der Waals surface area contributed by atoms with Gasteiger partial charge in [-0.15, -0.1) is 0 Å². The second-order valence-corrected chi connectivity index (χ2v) is 6.10. The van der Waals surface area contributed by atoms with Crippen LogP contribution in [0.15, 0.2) is 48.5 Å². The molecular formula is C19H19N3O5. The van der Waals surface area contributed by atoms with Crippen LogP contribution in [0.5, 0.6) is 5.75 Å². The van der Waals surface area contributed by atoms with E-state index in [2.05, 4.69) is 10.6 Å². The van der Waals surface area contributed by atoms with Crippen LogP contribution >= 0.6 is 0 Å². The Morgan fingerprint density at radius 3 is 2.63 bits per heavy atom. The first-order chi connectivity index (χ1) is 13.0. The normalized spacial score (nSPS) is 15.2. The lowest BCUT2D eigenvalue weighted by Crippen LogP contribution is -2.34. The molecule has 0 aliphatic carbocycles. The summed E-state index contributed by atoms with van der Waals surface area (Å²) in [6.07, 6.45) is 0.830. The topological polar surface area (TPSA) is 111 Å². The number of ether oxygens (including phenoxy) is 1. The minimum Gasteiger partial charge on any atom is -0.493 e. The van der Waals surface area contributed by atoms with E-state index in [1.54, 1.807) is 0 Å². The van der Waals surface area contributed by atoms with Gasteiger partial charge in [-0.3, -0.25) is 19.7 Å². The second-order valence-electron chi connectivity index (χ2n) is 6.10. The van der Waals surface area contributed by atoms with Crippen LogP contribution in [0.3, 0.4) is 0 Å². The minimum absolute atomic E-state index is 0.0809. The average molecular weight is 369 g/mol. The van der Waals surface area contributed by atoms with Gasteiger partial charge in [-0.05, 0) is 18.2 Å². The predicted molar refractivity (Wildman–Crippen MR) is 97.5 cm³/mol. The lowest BCUT2D eigenvalue weighted by Gasteiger charge is -2.26. The number of fused-ring (bicyclic) bond motifs is 1. The number of carbonyl (C=O) groups excluding carboxylic acids is 2. The van der Waals surface area contributed by atoms with Crippen LogP contribution in [0.2, 0.25) is 0 Å². The first kappa shape index (κ1) is 18.4. The highest BCUT2D eigenvalue weighted by Crippen LogP contribution is 2.31. The van der Waals surface area contributed by atoms with Gasteiger partial charge in [-0.25, -0.2) is 0 Å². The number of nitrogens with zero attached hydrogens (tertiary/aromatic N) is 1. The van der Waals surface area contributed by atoms with Crippen molar-refractivity contribution in [1.29, 1.82) is 0 Å². The summed E-state index contributed by atoms with van der Waals surface area (Å²) in [5.74, 6) is 0.232. The number of nitro benzene ring substituents is 1. The van der Waals surface area contributed by atoms with Gasteiger partial charge in [0, 0.05) is 42.6 Å². The van der Waals surface area contributed by atoms with Gasteiger partial charge in [0.05, 0.1) is 17.6 Å². The smallest absolute Gasteiger partial charge is 0.269 e. The molecule has 0 fully saturated rings. The van der Waals surface area contributed by atoms with Crippen molar-refractivity contribution in [2.24, 2.45) is 0 Å². The maximum absolute atomic E-state index is 12.2. The molecule has 1 heterocycles. The SMILES string of the molecule is O=C(CCNC(=O)c1ccc([N+](=O)[O-])cc1)N[C@H]1CCOc2ccccc21. The van der Waals surface area contributed by atoms with Gasteiger partial charge >= 0.3 is 0 Å². The van der Waals surface area contributed by atoms with Gasteiger partial charge in [0.15, 0.2) is 0 Å². The fourth-order valence-corrected chi connectivity index (χ4v) is 2.88. The zero-order valence-corrected chi connectivity index (χ0v) is 14.5. The third-order valence-corrected chi connectivity index (χ3v) is 4.27. The molecule has 3 rings (SSSR count). The summed E-state index contributed by atoms with van der Waals surface area (Å²) in [5, 5.41) is 16.2. The van der Waals surface area contributed by atoms with E-state index in [1.165, 1.54) is 24.3 Å². The summed E-state index contributed by atoms with van der Waals surface area (Å²) in [7, 11) is 0. The van der Waals surface area contributed by atoms with Crippen molar-refractivity contribution >= 4 is 17.5 Å². The van der Waals surface area contributed by atoms with Gasteiger partial charge in [0.2, 0.25) is 5.91 Å². The summed E-state index contributed by atoms with van der Waals surface area (Å²) >= 11 is 0. The lowest BCUT2D eigenvalue weighted by atomic mass is 10.0. The van der Waals surface area contributed by atoms with Crippen LogP contribution in [-0.4, -0.2) is 29.9 Å². The van der Waals surface area contributed by atoms with E-state index in [4.69, 9.17) is 4.74 Å². The molecule has 2 N–H and O–H groups in total. The summed E-state index contributed by atoms with van der Waals surface area (Å²) in [6, 6.07) is 12.8. The van der Waals surface area contributed by atoms with Gasteiger partial charge in [0.25, 0.3) is 11.6 Å². The Hall–Kier alpha value is -3.42. The quantitative estimate of drug-likeness (QED) is 0.600. The van der Waals surface area contributed by atoms with Gasteiger partial charge < -0.3 is 15.4 Å². The molecule has 0 radical (unpaired) electrons. The zero-order chi connectivity index (χ0) is 19.2. The number of amides is 2. The number of hydrogen-bond donors (Lipinski definition) is 2. The molecule has 0 bridgehead atoms. The minimum atomic E-state index is -0.527. The molecule has 2 aromatic rings. The number of nitrogens with one attached hydrogen (secondary N) is 2. The van der Waals surface area contributed by atoms with Gasteiger partial charge in [-0.1, -0.05) is 18.2 Å². The Morgan fingerprint density at radius 2 is 1.89 bits per heavy atom. The zero-order valence-electron chi connectivity index (χ0n) is 14.5. The van der Waals surface area contributed by atoms with Gasteiger partial charge in [-0.2, -0.15) is 0 Å². The molecule has 2 amide bonds. The van der Waals surface area contributed by atoms with Crippen LogP contribution < -0.4 is 15.4 Å². The number of benzene rings is 2. The largest absolute Gasteiger partial charge is 0.493 e. The summed E-state index contributed by atoms with van der Waals surface area (Å²) in [5.41, 5.74) is 1.18. The maximum Gasteiger partial charge on any atom is 0.269 e. The number of para-hydroxylation sites is 1. The molecule has 0 unspecified atom stereocenters. The van der Waals surface area contributed by atoms with Crippen LogP contribution in [0.25, 0.3) is 0 Å². The van der Waals surface area contributed by atoms with Crippen LogP contribution in [0.1, 0.15) is 34.8 Å². The Balaban J connectivity index is 1.47. The van der Waals surface area contributed by atoms with E-state index in [0.29, 0.717) is 18.6 Å². The van der Waals surface area contributed by atoms with Crippen molar-refractivity contribution in [2.75, 3.05) is 13.2 Å². The molecule has 140 valence electrons. The van der Waals surface area contributed by atoms with Gasteiger partial charge in [0.1, 0.15) is 5.75 Å². The molecule has 0 saturated carbocycles. The highest BCUT2D eigenvalue weighted by molar-refractivity contribution is 5.94. The van der Waals surface area contributed by atoms with E-state index in [-0.39, 0.29) is 36.5 Å². The summed E-state index contributed by atoms with van der Waals surface area (Å²) in [6.45, 7) is 0.714. The Kier molecular flexibility index (Phi) is 5.65. The molecule has 27 heavy (non-hydrogen) atoms. The third-order valence-electron chi connectivity index (χ3n) is 4.27. The van der Waals surface area contributed by atoms with E-state index in [1.807, 2.05) is 24.3 Å². The van der Waals surface area contributed by atoms with Crippen LogP contribution in [-0.2, 0) is 4.79 Å². The number of rotatable bonds is 6. The third kappa shape index (κ3) is 4.60. The predicted octanol–water partition coefficient (Wildman–Crippen LogP) is 2.35. The molecule has 1 aliphatic heterocycles. The maximum atomic E-state index is 12.2. The standard InChI is InChI=1S/C19H19N3O5/c23-18(21-16-10-12-27-17-4-2-1-3-15(16)17)9-11-20-19(24)13-5-7-14(8-6-13)22(25)26/h1-8,16H,9-12H2,(H,20,24)(H,21,23)/t16-/m0/s1. The van der Waals surface area contributed by atoms with E-state index >= 15 is 0 Å². The molecular weight excluding hydrogens is 350 g/mol. The Morgan fingerprint density at radius 1 is 1.15 bits per heavy atom. The van der Waals surface area contributed by atoms with Crippen molar-refractivity contribution in [3.8, 4) is 5.75 Å². The van der Waals surface area contributed by atoms with Crippen molar-refractivity contribution in [2.45, 2.75) is 18.9 Å². The second kappa shape index (κ2) is 8.31. The fraction of sp³-hybridized carbons (Fsp3) is 0.263. The highest BCUT2D eigenvalue weighted by Gasteiger charge is 2.22. The van der Waals surface area contributed by atoms with E-state index in [9.17, 15) is 19.7 Å². The molecule has 8 heteroatoms. The fourth-order valence-electron chi connectivity index (χ4n) is 2.88. The van der Waals surface area contributed by atoms with E-state index < -0.39 is 4.92 Å². The average Bonchev–Trinajstić information content (AvgIpc) is 2.68. The molecule has 8 nitrogen and oxygen atoms in total. The van der Waals surface area contributed by atoms with Crippen molar-refractivity contribution in [3.05, 3.63) is 69.8 Å². The number of non-ortho nitro benzene ring substituents is 1. The van der Waals surface area contributed by atoms with Crippen molar-refractivity contribution in [1.82, 2.24) is 10.6 Å².